The van der Waals surface area contributed by atoms with Gasteiger partial charge in [-0.25, -0.2) is 0 Å². The number of halogens is 1. The number of hydrogen-bond acceptors (Lipinski definition) is 3. The van der Waals surface area contributed by atoms with Crippen molar-refractivity contribution in [3.63, 3.8) is 0 Å². The molecular weight excluding hydrogens is 319 g/mol. The molecule has 0 spiro atoms. The molecule has 0 saturated carbocycles. The summed E-state index contributed by atoms with van der Waals surface area (Å²) >= 11 is 4.05. The summed E-state index contributed by atoms with van der Waals surface area (Å²) in [7, 11) is 0. The Hall–Kier alpha value is -0.750. The number of benzene rings is 1. The van der Waals surface area contributed by atoms with Crippen LogP contribution >= 0.6 is 33.9 Å². The highest BCUT2D eigenvalue weighted by atomic mass is 127. The molecule has 15 heavy (non-hydrogen) atoms. The van der Waals surface area contributed by atoms with Crippen molar-refractivity contribution in [1.82, 2.24) is 0 Å². The fraction of sp³-hybridized carbons (Fsp3) is 0.0909. The SMILES string of the molecule is Nc1ccc(NCc2cccs2)c(I)c1. The van der Waals surface area contributed by atoms with Gasteiger partial charge in [-0.3, -0.25) is 0 Å². The van der Waals surface area contributed by atoms with Crippen LogP contribution in [-0.4, -0.2) is 0 Å². The van der Waals surface area contributed by atoms with Crippen LogP contribution in [0.3, 0.4) is 0 Å². The first-order valence-electron chi connectivity index (χ1n) is 4.57. The van der Waals surface area contributed by atoms with Gasteiger partial charge >= 0.3 is 0 Å². The van der Waals surface area contributed by atoms with E-state index >= 15 is 0 Å². The van der Waals surface area contributed by atoms with E-state index < -0.39 is 0 Å². The van der Waals surface area contributed by atoms with E-state index in [-0.39, 0.29) is 0 Å². The molecule has 2 nitrogen and oxygen atoms in total. The quantitative estimate of drug-likeness (QED) is 0.667. The minimum Gasteiger partial charge on any atom is -0.399 e. The maximum Gasteiger partial charge on any atom is 0.0494 e. The molecule has 0 fully saturated rings. The van der Waals surface area contributed by atoms with Crippen molar-refractivity contribution in [3.8, 4) is 0 Å². The third-order valence-electron chi connectivity index (χ3n) is 2.03. The third kappa shape index (κ3) is 2.85. The molecule has 0 aliphatic heterocycles. The second-order valence-electron chi connectivity index (χ2n) is 3.17. The first-order chi connectivity index (χ1) is 7.25. The lowest BCUT2D eigenvalue weighted by Gasteiger charge is -2.07. The van der Waals surface area contributed by atoms with E-state index in [9.17, 15) is 0 Å². The molecule has 78 valence electrons. The van der Waals surface area contributed by atoms with Gasteiger partial charge in [-0.1, -0.05) is 6.07 Å². The lowest BCUT2D eigenvalue weighted by Crippen LogP contribution is -1.99. The predicted molar refractivity (Wildman–Crippen MR) is 75.2 cm³/mol. The van der Waals surface area contributed by atoms with E-state index in [0.29, 0.717) is 0 Å². The highest BCUT2D eigenvalue weighted by Gasteiger charge is 2.00. The van der Waals surface area contributed by atoms with Crippen molar-refractivity contribution in [2.24, 2.45) is 0 Å². The van der Waals surface area contributed by atoms with Crippen molar-refractivity contribution >= 4 is 45.3 Å². The first-order valence-corrected chi connectivity index (χ1v) is 6.53. The van der Waals surface area contributed by atoms with Crippen molar-refractivity contribution in [3.05, 3.63) is 44.2 Å². The van der Waals surface area contributed by atoms with E-state index in [1.54, 1.807) is 11.3 Å². The summed E-state index contributed by atoms with van der Waals surface area (Å²) in [5, 5.41) is 5.48. The van der Waals surface area contributed by atoms with Gasteiger partial charge in [0.05, 0.1) is 0 Å². The number of nitrogen functional groups attached to an aromatic ring is 1. The zero-order valence-electron chi connectivity index (χ0n) is 8.03. The van der Waals surface area contributed by atoms with Gasteiger partial charge in [-0.15, -0.1) is 11.3 Å². The highest BCUT2D eigenvalue weighted by molar-refractivity contribution is 14.1. The second kappa shape index (κ2) is 4.85. The summed E-state index contributed by atoms with van der Waals surface area (Å²) in [5.74, 6) is 0. The van der Waals surface area contributed by atoms with Crippen molar-refractivity contribution in [2.75, 3.05) is 11.1 Å². The minimum absolute atomic E-state index is 0.807. The fourth-order valence-corrected chi connectivity index (χ4v) is 2.64. The van der Waals surface area contributed by atoms with Crippen LogP contribution in [-0.2, 0) is 6.54 Å². The second-order valence-corrected chi connectivity index (χ2v) is 5.37. The van der Waals surface area contributed by atoms with Gasteiger partial charge in [0.25, 0.3) is 0 Å². The van der Waals surface area contributed by atoms with Crippen molar-refractivity contribution < 1.29 is 0 Å². The Morgan fingerprint density at radius 1 is 1.33 bits per heavy atom. The topological polar surface area (TPSA) is 38.0 Å². The Morgan fingerprint density at radius 3 is 2.87 bits per heavy atom. The molecule has 2 rings (SSSR count). The number of hydrogen-bond donors (Lipinski definition) is 2. The standard InChI is InChI=1S/C11H11IN2S/c12-10-6-8(13)3-4-11(10)14-7-9-2-1-5-15-9/h1-6,14H,7,13H2. The zero-order chi connectivity index (χ0) is 10.7. The maximum absolute atomic E-state index is 5.69. The maximum atomic E-state index is 5.69. The molecule has 4 heteroatoms. The molecule has 1 aromatic heterocycles. The van der Waals surface area contributed by atoms with E-state index in [1.165, 1.54) is 4.88 Å². The summed E-state index contributed by atoms with van der Waals surface area (Å²) < 4.78 is 1.16. The van der Waals surface area contributed by atoms with Gasteiger partial charge in [0.15, 0.2) is 0 Å². The number of anilines is 2. The van der Waals surface area contributed by atoms with Gasteiger partial charge in [-0.05, 0) is 52.2 Å². The van der Waals surface area contributed by atoms with Gasteiger partial charge in [-0.2, -0.15) is 0 Å². The summed E-state index contributed by atoms with van der Waals surface area (Å²) in [6.45, 7) is 0.873. The molecule has 1 aromatic carbocycles. The van der Waals surface area contributed by atoms with Crippen molar-refractivity contribution in [2.45, 2.75) is 6.54 Å². The molecule has 3 N–H and O–H groups in total. The van der Waals surface area contributed by atoms with Crippen LogP contribution in [0, 0.1) is 3.57 Å². The number of thiophene rings is 1. The molecule has 2 aromatic rings. The smallest absolute Gasteiger partial charge is 0.0494 e. The summed E-state index contributed by atoms with van der Waals surface area (Å²) in [4.78, 5) is 1.34. The molecule has 0 bridgehead atoms. The molecule has 0 radical (unpaired) electrons. The largest absolute Gasteiger partial charge is 0.399 e. The van der Waals surface area contributed by atoms with Crippen molar-refractivity contribution in [1.29, 1.82) is 0 Å². The lowest BCUT2D eigenvalue weighted by atomic mass is 10.3. The van der Waals surface area contributed by atoms with Crippen LogP contribution in [0.5, 0.6) is 0 Å². The Bertz CT molecular complexity index is 440. The van der Waals surface area contributed by atoms with Crippen LogP contribution in [0.2, 0.25) is 0 Å². The molecule has 0 aliphatic rings. The molecular formula is C11H11IN2S. The van der Waals surface area contributed by atoms with E-state index in [0.717, 1.165) is 21.5 Å². The van der Waals surface area contributed by atoms with Crippen LogP contribution in [0.1, 0.15) is 4.88 Å². The molecule has 0 unspecified atom stereocenters. The molecule has 0 atom stereocenters. The predicted octanol–water partition coefficient (Wildman–Crippen LogP) is 3.55. The Kier molecular flexibility index (Phi) is 3.48. The number of rotatable bonds is 3. The van der Waals surface area contributed by atoms with Gasteiger partial charge in [0.1, 0.15) is 0 Å². The minimum atomic E-state index is 0.807. The Labute approximate surface area is 107 Å². The van der Waals surface area contributed by atoms with Crippen LogP contribution < -0.4 is 11.1 Å². The van der Waals surface area contributed by atoms with E-state index in [1.807, 2.05) is 18.2 Å². The van der Waals surface area contributed by atoms with Gasteiger partial charge in [0.2, 0.25) is 0 Å². The summed E-state index contributed by atoms with van der Waals surface area (Å²) in [6, 6.07) is 10.1. The van der Waals surface area contributed by atoms with Crippen LogP contribution in [0.4, 0.5) is 11.4 Å². The molecule has 0 aliphatic carbocycles. The fourth-order valence-electron chi connectivity index (χ4n) is 1.27. The monoisotopic (exact) mass is 330 g/mol. The van der Waals surface area contributed by atoms with E-state index in [2.05, 4.69) is 45.4 Å². The Morgan fingerprint density at radius 2 is 2.20 bits per heavy atom. The third-order valence-corrected chi connectivity index (χ3v) is 3.80. The zero-order valence-corrected chi connectivity index (χ0v) is 11.0. The van der Waals surface area contributed by atoms with Gasteiger partial charge in [0, 0.05) is 26.4 Å². The number of nitrogens with two attached hydrogens (primary N) is 1. The lowest BCUT2D eigenvalue weighted by molar-refractivity contribution is 1.19. The normalized spacial score (nSPS) is 10.2. The summed E-state index contributed by atoms with van der Waals surface area (Å²) in [5.41, 5.74) is 7.63. The Balaban J connectivity index is 2.05. The van der Waals surface area contributed by atoms with Gasteiger partial charge < -0.3 is 11.1 Å². The highest BCUT2D eigenvalue weighted by Crippen LogP contribution is 2.21. The summed E-state index contributed by atoms with van der Waals surface area (Å²) in [6.07, 6.45) is 0. The number of nitrogens with one attached hydrogen (secondary N) is 1. The first kappa shape index (κ1) is 10.8. The van der Waals surface area contributed by atoms with Crippen LogP contribution in [0.15, 0.2) is 35.7 Å². The molecule has 0 amide bonds. The van der Waals surface area contributed by atoms with E-state index in [4.69, 9.17) is 5.73 Å². The molecule has 0 saturated heterocycles. The van der Waals surface area contributed by atoms with Crippen LogP contribution in [0.25, 0.3) is 0 Å². The average molecular weight is 330 g/mol. The average Bonchev–Trinajstić information content (AvgIpc) is 2.69. The molecule has 1 heterocycles.